The normalized spacial score (nSPS) is 18.8. The van der Waals surface area contributed by atoms with E-state index in [-0.39, 0.29) is 11.1 Å². The summed E-state index contributed by atoms with van der Waals surface area (Å²) >= 11 is 0.977. The van der Waals surface area contributed by atoms with Crippen molar-refractivity contribution in [1.82, 2.24) is 4.90 Å². The summed E-state index contributed by atoms with van der Waals surface area (Å²) in [7, 11) is 0. The van der Waals surface area contributed by atoms with Gasteiger partial charge in [0.15, 0.2) is 0 Å². The van der Waals surface area contributed by atoms with Gasteiger partial charge in [-0.05, 0) is 30.3 Å². The maximum atomic E-state index is 11.8. The van der Waals surface area contributed by atoms with E-state index in [0.717, 1.165) is 23.7 Å². The molecule has 2 heterocycles. The Balaban J connectivity index is 2.20. The molecule has 0 aromatic carbocycles. The minimum Gasteiger partial charge on any atom is -0.472 e. The van der Waals surface area contributed by atoms with Crippen LogP contribution in [0.1, 0.15) is 18.9 Å². The van der Waals surface area contributed by atoms with E-state index in [1.807, 2.05) is 6.92 Å². The van der Waals surface area contributed by atoms with Crippen LogP contribution >= 0.6 is 11.8 Å². The van der Waals surface area contributed by atoms with Crippen LogP contribution < -0.4 is 0 Å². The largest absolute Gasteiger partial charge is 0.472 e. The van der Waals surface area contributed by atoms with Crippen molar-refractivity contribution in [2.75, 3.05) is 6.54 Å². The number of carbonyl (C=O) groups is 2. The minimum atomic E-state index is -0.210. The number of furan rings is 1. The maximum absolute atomic E-state index is 11.8. The molecular formula is C11H11NO3S. The molecule has 2 rings (SSSR count). The van der Waals surface area contributed by atoms with Gasteiger partial charge in [-0.1, -0.05) is 6.92 Å². The summed E-state index contributed by atoms with van der Waals surface area (Å²) in [5.74, 6) is -0.210. The molecule has 1 aliphatic heterocycles. The second-order valence-electron chi connectivity index (χ2n) is 3.39. The van der Waals surface area contributed by atoms with Gasteiger partial charge in [0.1, 0.15) is 0 Å². The third kappa shape index (κ3) is 2.04. The zero-order valence-electron chi connectivity index (χ0n) is 8.80. The van der Waals surface area contributed by atoms with Crippen molar-refractivity contribution >= 4 is 29.0 Å². The number of amides is 2. The summed E-state index contributed by atoms with van der Waals surface area (Å²) in [6, 6.07) is 1.74. The second kappa shape index (κ2) is 4.57. The first-order chi connectivity index (χ1) is 7.72. The standard InChI is InChI=1S/C11H11NO3S/c1-2-4-12-10(13)9(16-11(12)14)6-8-3-5-15-7-8/h3,5-7H,2,4H2,1H3/b9-6+. The van der Waals surface area contributed by atoms with Crippen molar-refractivity contribution in [2.45, 2.75) is 13.3 Å². The van der Waals surface area contributed by atoms with E-state index in [9.17, 15) is 9.59 Å². The van der Waals surface area contributed by atoms with Crippen LogP contribution in [0.4, 0.5) is 4.79 Å². The average Bonchev–Trinajstić information content (AvgIpc) is 2.84. The lowest BCUT2D eigenvalue weighted by atomic mass is 10.3. The highest BCUT2D eigenvalue weighted by atomic mass is 32.2. The fraction of sp³-hybridized carbons (Fsp3) is 0.273. The molecule has 0 atom stereocenters. The molecular weight excluding hydrogens is 226 g/mol. The Hall–Kier alpha value is -1.49. The summed E-state index contributed by atoms with van der Waals surface area (Å²) in [5.41, 5.74) is 0.794. The average molecular weight is 237 g/mol. The number of hydrogen-bond acceptors (Lipinski definition) is 4. The molecule has 0 N–H and O–H groups in total. The molecule has 1 aromatic rings. The molecule has 1 aliphatic rings. The monoisotopic (exact) mass is 237 g/mol. The number of nitrogens with zero attached hydrogens (tertiary/aromatic N) is 1. The maximum Gasteiger partial charge on any atom is 0.293 e. The molecule has 0 spiro atoms. The van der Waals surface area contributed by atoms with Crippen molar-refractivity contribution in [3.8, 4) is 0 Å². The van der Waals surface area contributed by atoms with Crippen LogP contribution in [0.15, 0.2) is 27.9 Å². The third-order valence-electron chi connectivity index (χ3n) is 2.16. The molecule has 1 fully saturated rings. The predicted molar refractivity (Wildman–Crippen MR) is 61.7 cm³/mol. The zero-order chi connectivity index (χ0) is 11.5. The number of carbonyl (C=O) groups excluding carboxylic acids is 2. The molecule has 4 nitrogen and oxygen atoms in total. The van der Waals surface area contributed by atoms with Crippen molar-refractivity contribution in [3.05, 3.63) is 29.1 Å². The van der Waals surface area contributed by atoms with Gasteiger partial charge in [0.2, 0.25) is 0 Å². The first-order valence-corrected chi connectivity index (χ1v) is 5.81. The van der Waals surface area contributed by atoms with Gasteiger partial charge in [0.25, 0.3) is 11.1 Å². The number of hydrogen-bond donors (Lipinski definition) is 0. The number of thioether (sulfide) groups is 1. The fourth-order valence-corrected chi connectivity index (χ4v) is 2.29. The summed E-state index contributed by atoms with van der Waals surface area (Å²) in [4.78, 5) is 25.1. The number of imide groups is 1. The van der Waals surface area contributed by atoms with E-state index in [1.54, 1.807) is 12.1 Å². The van der Waals surface area contributed by atoms with Crippen molar-refractivity contribution in [2.24, 2.45) is 0 Å². The topological polar surface area (TPSA) is 50.5 Å². The molecule has 16 heavy (non-hydrogen) atoms. The van der Waals surface area contributed by atoms with E-state index in [0.29, 0.717) is 11.4 Å². The van der Waals surface area contributed by atoms with Gasteiger partial charge in [-0.15, -0.1) is 0 Å². The lowest BCUT2D eigenvalue weighted by Crippen LogP contribution is -2.28. The lowest BCUT2D eigenvalue weighted by molar-refractivity contribution is -0.122. The van der Waals surface area contributed by atoms with Crippen LogP contribution in [0.25, 0.3) is 6.08 Å². The summed E-state index contributed by atoms with van der Waals surface area (Å²) in [6.45, 7) is 2.41. The van der Waals surface area contributed by atoms with Crippen LogP contribution in [0.5, 0.6) is 0 Å². The smallest absolute Gasteiger partial charge is 0.293 e. The number of rotatable bonds is 3. The first-order valence-electron chi connectivity index (χ1n) is 5.00. The van der Waals surface area contributed by atoms with Crippen molar-refractivity contribution in [1.29, 1.82) is 0 Å². The van der Waals surface area contributed by atoms with Crippen LogP contribution in [-0.4, -0.2) is 22.6 Å². The Morgan fingerprint density at radius 3 is 2.94 bits per heavy atom. The molecule has 1 aromatic heterocycles. The SMILES string of the molecule is CCCN1C(=O)S/C(=C/c2ccoc2)C1=O. The molecule has 0 aliphatic carbocycles. The molecule has 5 heteroatoms. The van der Waals surface area contributed by atoms with E-state index >= 15 is 0 Å². The van der Waals surface area contributed by atoms with Gasteiger partial charge >= 0.3 is 0 Å². The van der Waals surface area contributed by atoms with Crippen LogP contribution in [0.2, 0.25) is 0 Å². The summed E-state index contributed by atoms with van der Waals surface area (Å²) in [5, 5.41) is -0.193. The quantitative estimate of drug-likeness (QED) is 0.758. The Labute approximate surface area is 97.3 Å². The molecule has 84 valence electrons. The molecule has 0 radical (unpaired) electrons. The van der Waals surface area contributed by atoms with Crippen molar-refractivity contribution < 1.29 is 14.0 Å². The molecule has 2 amide bonds. The van der Waals surface area contributed by atoms with Gasteiger partial charge in [-0.25, -0.2) is 0 Å². The molecule has 0 saturated carbocycles. The Bertz CT molecular complexity index is 436. The van der Waals surface area contributed by atoms with Crippen LogP contribution in [-0.2, 0) is 4.79 Å². The predicted octanol–water partition coefficient (Wildman–Crippen LogP) is 2.73. The highest BCUT2D eigenvalue weighted by Gasteiger charge is 2.34. The van der Waals surface area contributed by atoms with Gasteiger partial charge in [0.05, 0.1) is 17.4 Å². The van der Waals surface area contributed by atoms with Crippen LogP contribution in [0.3, 0.4) is 0 Å². The Morgan fingerprint density at radius 2 is 2.31 bits per heavy atom. The molecule has 1 saturated heterocycles. The molecule has 0 unspecified atom stereocenters. The summed E-state index contributed by atoms with van der Waals surface area (Å²) in [6.07, 6.45) is 5.51. The van der Waals surface area contributed by atoms with Gasteiger partial charge in [-0.3, -0.25) is 14.5 Å². The highest BCUT2D eigenvalue weighted by molar-refractivity contribution is 8.18. The zero-order valence-corrected chi connectivity index (χ0v) is 9.62. The fourth-order valence-electron chi connectivity index (χ4n) is 1.42. The van der Waals surface area contributed by atoms with E-state index in [1.165, 1.54) is 17.4 Å². The Morgan fingerprint density at radius 1 is 1.50 bits per heavy atom. The van der Waals surface area contributed by atoms with E-state index in [4.69, 9.17) is 4.42 Å². The molecule has 0 bridgehead atoms. The van der Waals surface area contributed by atoms with Crippen LogP contribution in [0, 0.1) is 0 Å². The summed E-state index contributed by atoms with van der Waals surface area (Å²) < 4.78 is 4.90. The second-order valence-corrected chi connectivity index (χ2v) is 4.38. The first kappa shape index (κ1) is 11.0. The van der Waals surface area contributed by atoms with Crippen molar-refractivity contribution in [3.63, 3.8) is 0 Å². The van der Waals surface area contributed by atoms with E-state index < -0.39 is 0 Å². The van der Waals surface area contributed by atoms with Gasteiger partial charge in [-0.2, -0.15) is 0 Å². The van der Waals surface area contributed by atoms with E-state index in [2.05, 4.69) is 0 Å². The lowest BCUT2D eigenvalue weighted by Gasteiger charge is -2.09. The van der Waals surface area contributed by atoms with Gasteiger partial charge < -0.3 is 4.42 Å². The third-order valence-corrected chi connectivity index (χ3v) is 3.07. The Kier molecular flexibility index (Phi) is 3.14. The van der Waals surface area contributed by atoms with Gasteiger partial charge in [0, 0.05) is 12.1 Å². The minimum absolute atomic E-state index is 0.193. The highest BCUT2D eigenvalue weighted by Crippen LogP contribution is 2.32.